The highest BCUT2D eigenvalue weighted by molar-refractivity contribution is 6.33. The van der Waals surface area contributed by atoms with Gasteiger partial charge in [-0.25, -0.2) is 0 Å². The number of halogens is 5. The van der Waals surface area contributed by atoms with Crippen LogP contribution in [0.2, 0.25) is 10.0 Å². The zero-order valence-corrected chi connectivity index (χ0v) is 23.9. The Kier molecular flexibility index (Phi) is 8.74. The molecule has 1 aliphatic heterocycles. The Morgan fingerprint density at radius 3 is 2.42 bits per heavy atom. The maximum absolute atomic E-state index is 12.9. The van der Waals surface area contributed by atoms with Gasteiger partial charge in [0.25, 0.3) is 5.91 Å². The van der Waals surface area contributed by atoms with Gasteiger partial charge in [0.1, 0.15) is 17.2 Å². The first kappa shape index (κ1) is 30.1. The van der Waals surface area contributed by atoms with E-state index in [-0.39, 0.29) is 39.7 Å². The number of benzene rings is 3. The number of amides is 1. The zero-order chi connectivity index (χ0) is 30.7. The lowest BCUT2D eigenvalue weighted by Gasteiger charge is -2.25. The molecule has 5 rings (SSSR count). The number of fused-ring (bicyclic) bond motifs is 1. The number of hydrogen-bond acceptors (Lipinski definition) is 7. The van der Waals surface area contributed by atoms with Gasteiger partial charge in [-0.3, -0.25) is 9.59 Å². The number of esters is 1. The second-order valence-corrected chi connectivity index (χ2v) is 10.2. The summed E-state index contributed by atoms with van der Waals surface area (Å²) in [4.78, 5) is 25.1. The number of aromatic nitrogens is 2. The van der Waals surface area contributed by atoms with Crippen LogP contribution >= 0.6 is 23.2 Å². The van der Waals surface area contributed by atoms with Crippen LogP contribution in [0.3, 0.4) is 0 Å². The summed E-state index contributed by atoms with van der Waals surface area (Å²) in [6.07, 6.45) is -4.04. The standard InChI is InChI=1S/C30H22Cl2F3N3O5/c1-2-41-29(40)19-11-12-42-25-15-26(23(32)14-21(19)25)43-18-6-3-16(4-7-18)28(39)36-27-10-9-24(37-38-27)20-8-5-17(13-22(20)31)30(33,34)35/h3-10,13-15,19H,2,11-12H2,1H3,(H,36,38,39). The first-order chi connectivity index (χ1) is 20.5. The first-order valence-corrected chi connectivity index (χ1v) is 13.7. The lowest BCUT2D eigenvalue weighted by atomic mass is 9.93. The van der Waals surface area contributed by atoms with Gasteiger partial charge in [-0.05, 0) is 67.9 Å². The van der Waals surface area contributed by atoms with Crippen molar-refractivity contribution >= 4 is 40.9 Å². The van der Waals surface area contributed by atoms with Crippen molar-refractivity contribution in [2.45, 2.75) is 25.4 Å². The molecule has 43 heavy (non-hydrogen) atoms. The second kappa shape index (κ2) is 12.5. The van der Waals surface area contributed by atoms with Crippen molar-refractivity contribution in [2.24, 2.45) is 0 Å². The quantitative estimate of drug-likeness (QED) is 0.207. The highest BCUT2D eigenvalue weighted by atomic mass is 35.5. The minimum absolute atomic E-state index is 0.124. The Hall–Kier alpha value is -4.35. The molecule has 0 radical (unpaired) electrons. The topological polar surface area (TPSA) is 99.6 Å². The Labute approximate surface area is 253 Å². The molecule has 2 heterocycles. The van der Waals surface area contributed by atoms with Crippen LogP contribution in [-0.2, 0) is 15.7 Å². The minimum atomic E-state index is -4.52. The van der Waals surface area contributed by atoms with Gasteiger partial charge in [0.05, 0.1) is 40.4 Å². The number of ether oxygens (including phenoxy) is 3. The molecule has 0 fully saturated rings. The molecule has 1 aromatic heterocycles. The first-order valence-electron chi connectivity index (χ1n) is 13.0. The average Bonchev–Trinajstić information content (AvgIpc) is 2.98. The Bertz CT molecular complexity index is 1670. The van der Waals surface area contributed by atoms with Gasteiger partial charge in [-0.1, -0.05) is 29.3 Å². The highest BCUT2D eigenvalue weighted by Crippen LogP contribution is 2.42. The fourth-order valence-electron chi connectivity index (χ4n) is 4.39. The predicted molar refractivity (Wildman–Crippen MR) is 153 cm³/mol. The zero-order valence-electron chi connectivity index (χ0n) is 22.4. The van der Waals surface area contributed by atoms with E-state index in [9.17, 15) is 22.8 Å². The van der Waals surface area contributed by atoms with E-state index < -0.39 is 23.6 Å². The molecule has 13 heteroatoms. The van der Waals surface area contributed by atoms with E-state index in [1.54, 1.807) is 31.2 Å². The third-order valence-corrected chi connectivity index (χ3v) is 7.11. The monoisotopic (exact) mass is 631 g/mol. The van der Waals surface area contributed by atoms with Crippen LogP contribution in [0.5, 0.6) is 17.2 Å². The lowest BCUT2D eigenvalue weighted by molar-refractivity contribution is -0.145. The number of carbonyl (C=O) groups is 2. The Balaban J connectivity index is 1.24. The fraction of sp³-hybridized carbons (Fsp3) is 0.200. The van der Waals surface area contributed by atoms with Crippen LogP contribution in [0.4, 0.5) is 19.0 Å². The van der Waals surface area contributed by atoms with Crippen LogP contribution in [0.1, 0.15) is 40.7 Å². The van der Waals surface area contributed by atoms with Gasteiger partial charge in [-0.2, -0.15) is 13.2 Å². The molecule has 0 bridgehead atoms. The summed E-state index contributed by atoms with van der Waals surface area (Å²) in [6, 6.07) is 15.3. The van der Waals surface area contributed by atoms with Crippen molar-refractivity contribution in [2.75, 3.05) is 18.5 Å². The maximum atomic E-state index is 12.9. The summed E-state index contributed by atoms with van der Waals surface area (Å²) in [5, 5.41) is 10.7. The van der Waals surface area contributed by atoms with Crippen molar-refractivity contribution in [3.05, 3.63) is 93.5 Å². The molecule has 1 atom stereocenters. The number of hydrogen-bond donors (Lipinski definition) is 1. The summed E-state index contributed by atoms with van der Waals surface area (Å²) in [5.74, 6) is 0.0184. The Morgan fingerprint density at radius 2 is 1.77 bits per heavy atom. The smallest absolute Gasteiger partial charge is 0.416 e. The molecule has 1 aliphatic rings. The van der Waals surface area contributed by atoms with Crippen molar-refractivity contribution in [1.29, 1.82) is 0 Å². The van der Waals surface area contributed by atoms with Gasteiger partial charge in [0.15, 0.2) is 5.82 Å². The van der Waals surface area contributed by atoms with E-state index in [4.69, 9.17) is 37.4 Å². The van der Waals surface area contributed by atoms with Crippen molar-refractivity contribution in [1.82, 2.24) is 10.2 Å². The SMILES string of the molecule is CCOC(=O)C1CCOc2cc(Oc3ccc(C(=O)Nc4ccc(-c5ccc(C(F)(F)F)cc5Cl)nn4)cc3)c(Cl)cc21. The summed E-state index contributed by atoms with van der Waals surface area (Å²) in [5.41, 5.74) is 0.549. The van der Waals surface area contributed by atoms with Crippen LogP contribution in [0, 0.1) is 0 Å². The maximum Gasteiger partial charge on any atom is 0.416 e. The molecular formula is C30H22Cl2F3N3O5. The molecule has 1 amide bonds. The molecule has 4 aromatic rings. The molecule has 0 aliphatic carbocycles. The minimum Gasteiger partial charge on any atom is -0.493 e. The van der Waals surface area contributed by atoms with Gasteiger partial charge in [0.2, 0.25) is 0 Å². The second-order valence-electron chi connectivity index (χ2n) is 9.34. The third kappa shape index (κ3) is 6.84. The molecule has 1 unspecified atom stereocenters. The summed E-state index contributed by atoms with van der Waals surface area (Å²) in [6.45, 7) is 2.36. The van der Waals surface area contributed by atoms with E-state index in [2.05, 4.69) is 15.5 Å². The van der Waals surface area contributed by atoms with E-state index in [0.29, 0.717) is 41.4 Å². The molecule has 8 nitrogen and oxygen atoms in total. The normalized spacial score (nSPS) is 14.3. The molecule has 0 spiro atoms. The summed E-state index contributed by atoms with van der Waals surface area (Å²) in [7, 11) is 0. The largest absolute Gasteiger partial charge is 0.493 e. The molecule has 3 aromatic carbocycles. The van der Waals surface area contributed by atoms with Gasteiger partial charge in [0, 0.05) is 22.8 Å². The predicted octanol–water partition coefficient (Wildman–Crippen LogP) is 7.94. The summed E-state index contributed by atoms with van der Waals surface area (Å²) < 4.78 is 55.5. The number of rotatable bonds is 7. The van der Waals surface area contributed by atoms with E-state index >= 15 is 0 Å². The molecule has 1 N–H and O–H groups in total. The van der Waals surface area contributed by atoms with Crippen LogP contribution in [0.15, 0.2) is 66.7 Å². The van der Waals surface area contributed by atoms with Crippen LogP contribution in [0.25, 0.3) is 11.3 Å². The van der Waals surface area contributed by atoms with Gasteiger partial charge >= 0.3 is 12.1 Å². The number of nitrogens with zero attached hydrogens (tertiary/aromatic N) is 2. The molecule has 0 saturated heterocycles. The molecule has 222 valence electrons. The number of anilines is 1. The van der Waals surface area contributed by atoms with Crippen molar-refractivity contribution in [3.63, 3.8) is 0 Å². The van der Waals surface area contributed by atoms with Crippen LogP contribution < -0.4 is 14.8 Å². The molecular weight excluding hydrogens is 610 g/mol. The Morgan fingerprint density at radius 1 is 1.00 bits per heavy atom. The van der Waals surface area contributed by atoms with Gasteiger partial charge in [-0.15, -0.1) is 10.2 Å². The third-order valence-electron chi connectivity index (χ3n) is 6.50. The van der Waals surface area contributed by atoms with Crippen molar-refractivity contribution in [3.8, 4) is 28.5 Å². The number of alkyl halides is 3. The van der Waals surface area contributed by atoms with E-state index in [0.717, 1.165) is 12.1 Å². The lowest BCUT2D eigenvalue weighted by Crippen LogP contribution is -2.23. The van der Waals surface area contributed by atoms with E-state index in [1.807, 2.05) is 0 Å². The van der Waals surface area contributed by atoms with Crippen molar-refractivity contribution < 1.29 is 37.0 Å². The highest BCUT2D eigenvalue weighted by Gasteiger charge is 2.32. The number of nitrogens with one attached hydrogen (secondary N) is 1. The van der Waals surface area contributed by atoms with Crippen LogP contribution in [-0.4, -0.2) is 35.3 Å². The molecule has 0 saturated carbocycles. The fourth-order valence-corrected chi connectivity index (χ4v) is 4.88. The number of carbonyl (C=O) groups excluding carboxylic acids is 2. The van der Waals surface area contributed by atoms with E-state index in [1.165, 1.54) is 30.3 Å². The average molecular weight is 632 g/mol. The van der Waals surface area contributed by atoms with Gasteiger partial charge < -0.3 is 19.5 Å². The summed E-state index contributed by atoms with van der Waals surface area (Å²) >= 11 is 12.5.